The van der Waals surface area contributed by atoms with Crippen molar-refractivity contribution in [2.75, 3.05) is 0 Å². The van der Waals surface area contributed by atoms with Gasteiger partial charge in [0.05, 0.1) is 29.8 Å². The molecule has 7 heteroatoms. The molecular formula is C22H20ClN5O. The molecule has 1 aromatic carbocycles. The Labute approximate surface area is 172 Å². The lowest BCUT2D eigenvalue weighted by molar-refractivity contribution is 0.610. The first kappa shape index (κ1) is 18.0. The number of aryl methyl sites for hydroxylation is 1. The van der Waals surface area contributed by atoms with E-state index in [1.54, 1.807) is 12.4 Å². The molecule has 0 atom stereocenters. The van der Waals surface area contributed by atoms with Crippen LogP contribution in [0.4, 0.5) is 0 Å². The molecule has 0 N–H and O–H groups in total. The number of aromatic nitrogens is 4. The summed E-state index contributed by atoms with van der Waals surface area (Å²) in [7, 11) is 0. The van der Waals surface area contributed by atoms with Gasteiger partial charge in [0.25, 0.3) is 0 Å². The number of benzene rings is 1. The fourth-order valence-corrected chi connectivity index (χ4v) is 4.32. The first-order valence-electron chi connectivity index (χ1n) is 9.87. The van der Waals surface area contributed by atoms with Crippen LogP contribution in [-0.4, -0.2) is 18.7 Å². The Bertz CT molecular complexity index is 1320. The van der Waals surface area contributed by atoms with E-state index in [1.165, 1.54) is 0 Å². The molecule has 0 amide bonds. The number of nitrogens with zero attached hydrogens (tertiary/aromatic N) is 5. The molecule has 0 radical (unpaired) electrons. The third-order valence-electron chi connectivity index (χ3n) is 5.62. The first-order valence-corrected chi connectivity index (χ1v) is 10.2. The van der Waals surface area contributed by atoms with Crippen molar-refractivity contribution in [3.63, 3.8) is 0 Å². The lowest BCUT2D eigenvalue weighted by atomic mass is 10.2. The standard InChI is InChI=1S/C22H20ClN5O/c23-16-3-6-19-15(11-16)12-18(26(19)10-2-1-8-24)14-27-21-13-25-9-7-20(21)28(22(27)29)17-4-5-17/h3,6-7,9,11-13,17H,1-2,4-5,10,14H2. The summed E-state index contributed by atoms with van der Waals surface area (Å²) in [5.74, 6) is 0. The molecular weight excluding hydrogens is 386 g/mol. The van der Waals surface area contributed by atoms with E-state index in [0.29, 0.717) is 24.0 Å². The van der Waals surface area contributed by atoms with Crippen LogP contribution in [-0.2, 0) is 13.1 Å². The van der Waals surface area contributed by atoms with Crippen LogP contribution < -0.4 is 5.69 Å². The highest BCUT2D eigenvalue weighted by molar-refractivity contribution is 6.31. The average molecular weight is 406 g/mol. The second-order valence-corrected chi connectivity index (χ2v) is 8.02. The lowest BCUT2D eigenvalue weighted by Crippen LogP contribution is -2.25. The molecule has 146 valence electrons. The Balaban J connectivity index is 1.64. The monoisotopic (exact) mass is 405 g/mol. The van der Waals surface area contributed by atoms with Crippen LogP contribution in [0.5, 0.6) is 0 Å². The molecule has 1 aliphatic rings. The van der Waals surface area contributed by atoms with Gasteiger partial charge in [-0.1, -0.05) is 11.6 Å². The Morgan fingerprint density at radius 2 is 2.00 bits per heavy atom. The van der Waals surface area contributed by atoms with Crippen LogP contribution in [0.1, 0.15) is 37.4 Å². The molecule has 6 nitrogen and oxygen atoms in total. The van der Waals surface area contributed by atoms with E-state index in [9.17, 15) is 4.79 Å². The lowest BCUT2D eigenvalue weighted by Gasteiger charge is -2.11. The molecule has 0 unspecified atom stereocenters. The summed E-state index contributed by atoms with van der Waals surface area (Å²) < 4.78 is 5.93. The molecule has 29 heavy (non-hydrogen) atoms. The van der Waals surface area contributed by atoms with Gasteiger partial charge in [0.15, 0.2) is 0 Å². The normalized spacial score (nSPS) is 13.9. The number of nitriles is 1. The van der Waals surface area contributed by atoms with Crippen molar-refractivity contribution in [3.05, 3.63) is 63.9 Å². The van der Waals surface area contributed by atoms with Crippen LogP contribution in [0.2, 0.25) is 5.02 Å². The molecule has 0 aliphatic heterocycles. The smallest absolute Gasteiger partial charge is 0.329 e. The predicted molar refractivity (Wildman–Crippen MR) is 113 cm³/mol. The SMILES string of the molecule is N#CCCCn1c(Cn2c(=O)n(C3CC3)c3ccncc32)cc2cc(Cl)ccc21. The Morgan fingerprint density at radius 1 is 1.14 bits per heavy atom. The third kappa shape index (κ3) is 3.12. The van der Waals surface area contributed by atoms with Crippen molar-refractivity contribution in [1.82, 2.24) is 18.7 Å². The maximum Gasteiger partial charge on any atom is 0.329 e. The highest BCUT2D eigenvalue weighted by Gasteiger charge is 2.29. The van der Waals surface area contributed by atoms with Crippen LogP contribution >= 0.6 is 11.6 Å². The van der Waals surface area contributed by atoms with E-state index in [-0.39, 0.29) is 5.69 Å². The number of hydrogen-bond acceptors (Lipinski definition) is 3. The van der Waals surface area contributed by atoms with Crippen molar-refractivity contribution >= 4 is 33.5 Å². The number of hydrogen-bond donors (Lipinski definition) is 0. The quantitative estimate of drug-likeness (QED) is 0.444. The van der Waals surface area contributed by atoms with Crippen molar-refractivity contribution < 1.29 is 0 Å². The van der Waals surface area contributed by atoms with E-state index in [0.717, 1.165) is 53.4 Å². The number of rotatable bonds is 6. The highest BCUT2D eigenvalue weighted by atomic mass is 35.5. The number of pyridine rings is 1. The second kappa shape index (κ2) is 7.09. The fraction of sp³-hybridized carbons (Fsp3) is 0.318. The molecule has 1 fully saturated rings. The molecule has 0 spiro atoms. The Hall–Kier alpha value is -3.04. The number of fused-ring (bicyclic) bond motifs is 2. The van der Waals surface area contributed by atoms with Gasteiger partial charge in [0.2, 0.25) is 0 Å². The topological polar surface area (TPSA) is 68.5 Å². The molecule has 5 rings (SSSR count). The summed E-state index contributed by atoms with van der Waals surface area (Å²) in [5, 5.41) is 10.7. The second-order valence-electron chi connectivity index (χ2n) is 7.59. The van der Waals surface area contributed by atoms with Crippen LogP contribution in [0.15, 0.2) is 47.5 Å². The van der Waals surface area contributed by atoms with Crippen LogP contribution in [0, 0.1) is 11.3 Å². The summed E-state index contributed by atoms with van der Waals surface area (Å²) in [4.78, 5) is 17.5. The van der Waals surface area contributed by atoms with E-state index in [1.807, 2.05) is 33.4 Å². The van der Waals surface area contributed by atoms with Crippen molar-refractivity contribution in [2.24, 2.45) is 0 Å². The highest BCUT2D eigenvalue weighted by Crippen LogP contribution is 2.36. The van der Waals surface area contributed by atoms with Gasteiger partial charge in [-0.15, -0.1) is 0 Å². The Kier molecular flexibility index (Phi) is 4.40. The van der Waals surface area contributed by atoms with Crippen LogP contribution in [0.3, 0.4) is 0 Å². The van der Waals surface area contributed by atoms with Gasteiger partial charge in [0, 0.05) is 46.8 Å². The van der Waals surface area contributed by atoms with E-state index in [2.05, 4.69) is 21.7 Å². The number of halogens is 1. The van der Waals surface area contributed by atoms with E-state index < -0.39 is 0 Å². The molecule has 0 saturated heterocycles. The van der Waals surface area contributed by atoms with Crippen LogP contribution in [0.25, 0.3) is 21.9 Å². The predicted octanol–water partition coefficient (Wildman–Crippen LogP) is 4.49. The van der Waals surface area contributed by atoms with Crippen molar-refractivity contribution in [1.29, 1.82) is 5.26 Å². The summed E-state index contributed by atoms with van der Waals surface area (Å²) in [6.45, 7) is 1.18. The van der Waals surface area contributed by atoms with Gasteiger partial charge in [-0.25, -0.2) is 4.79 Å². The van der Waals surface area contributed by atoms with Gasteiger partial charge in [0.1, 0.15) is 0 Å². The van der Waals surface area contributed by atoms with Crippen molar-refractivity contribution in [3.8, 4) is 6.07 Å². The van der Waals surface area contributed by atoms with Gasteiger partial charge < -0.3 is 4.57 Å². The third-order valence-corrected chi connectivity index (χ3v) is 5.85. The average Bonchev–Trinajstić information content (AvgIpc) is 3.44. The van der Waals surface area contributed by atoms with Gasteiger partial charge in [-0.05, 0) is 49.6 Å². The zero-order valence-electron chi connectivity index (χ0n) is 15.9. The molecule has 3 heterocycles. The summed E-state index contributed by atoms with van der Waals surface area (Å²) in [6, 6.07) is 12.4. The number of unbranched alkanes of at least 4 members (excludes halogenated alkanes) is 1. The van der Waals surface area contributed by atoms with Crippen molar-refractivity contribution in [2.45, 2.75) is 44.8 Å². The molecule has 0 bridgehead atoms. The minimum absolute atomic E-state index is 0.0161. The minimum Gasteiger partial charge on any atom is -0.343 e. The zero-order valence-corrected chi connectivity index (χ0v) is 16.6. The summed E-state index contributed by atoms with van der Waals surface area (Å²) in [5.41, 5.74) is 3.92. The van der Waals surface area contributed by atoms with Gasteiger partial charge >= 0.3 is 5.69 Å². The molecule has 3 aromatic heterocycles. The van der Waals surface area contributed by atoms with E-state index >= 15 is 0 Å². The summed E-state index contributed by atoms with van der Waals surface area (Å²) >= 11 is 6.20. The molecule has 1 saturated carbocycles. The number of imidazole rings is 1. The van der Waals surface area contributed by atoms with E-state index in [4.69, 9.17) is 16.9 Å². The van der Waals surface area contributed by atoms with Gasteiger partial charge in [-0.2, -0.15) is 5.26 Å². The zero-order chi connectivity index (χ0) is 20.0. The first-order chi connectivity index (χ1) is 14.2. The largest absolute Gasteiger partial charge is 0.343 e. The van der Waals surface area contributed by atoms with Gasteiger partial charge in [-0.3, -0.25) is 14.1 Å². The molecule has 1 aliphatic carbocycles. The Morgan fingerprint density at radius 3 is 2.79 bits per heavy atom. The fourth-order valence-electron chi connectivity index (χ4n) is 4.14. The summed E-state index contributed by atoms with van der Waals surface area (Å²) in [6.07, 6.45) is 6.87. The maximum atomic E-state index is 13.2. The molecule has 4 aromatic rings. The maximum absolute atomic E-state index is 13.2. The minimum atomic E-state index is 0.0161.